The number of nitrogens with zero attached hydrogens (tertiary/aromatic N) is 3. The van der Waals surface area contributed by atoms with Gasteiger partial charge in [-0.2, -0.15) is 31.9 Å². The number of aromatic nitrogens is 2. The van der Waals surface area contributed by atoms with Crippen molar-refractivity contribution in [3.05, 3.63) is 40.3 Å². The molecule has 0 aliphatic heterocycles. The Morgan fingerprint density at radius 1 is 1.21 bits per heavy atom. The van der Waals surface area contributed by atoms with E-state index in [1.165, 1.54) is 14.0 Å². The summed E-state index contributed by atoms with van der Waals surface area (Å²) in [6.45, 7) is -0.848. The number of benzene rings is 1. The maximum atomic E-state index is 13.8. The van der Waals surface area contributed by atoms with E-state index in [2.05, 4.69) is 30.0 Å². The molecule has 0 spiro atoms. The number of ether oxygens (including phenoxy) is 2. The molecule has 0 saturated carbocycles. The molecule has 2 rings (SSSR count). The fourth-order valence-electron chi connectivity index (χ4n) is 2.19. The number of rotatable bonds is 8. The summed E-state index contributed by atoms with van der Waals surface area (Å²) in [5.74, 6) is -7.93. The van der Waals surface area contributed by atoms with E-state index in [0.717, 1.165) is 25.3 Å². The van der Waals surface area contributed by atoms with E-state index in [1.807, 2.05) is 0 Å². The first kappa shape index (κ1) is 26.0. The summed E-state index contributed by atoms with van der Waals surface area (Å²) in [6.07, 6.45) is -5.87. The van der Waals surface area contributed by atoms with Crippen LogP contribution in [0.3, 0.4) is 0 Å². The molecule has 1 aromatic carbocycles. The van der Waals surface area contributed by atoms with Gasteiger partial charge in [-0.15, -0.1) is 0 Å². The van der Waals surface area contributed by atoms with E-state index in [9.17, 15) is 31.1 Å². The van der Waals surface area contributed by atoms with Crippen LogP contribution in [0.2, 0.25) is 5.02 Å². The number of hydrogen-bond acceptors (Lipinski definition) is 7. The monoisotopic (exact) mass is 500 g/mol. The Morgan fingerprint density at radius 2 is 1.88 bits per heavy atom. The average Bonchev–Trinajstić information content (AvgIpc) is 2.72. The third-order valence-electron chi connectivity index (χ3n) is 3.80. The van der Waals surface area contributed by atoms with E-state index >= 15 is 0 Å². The van der Waals surface area contributed by atoms with Crippen LogP contribution in [-0.2, 0) is 9.63 Å². The molecule has 0 radical (unpaired) electrons. The molecule has 180 valence electrons. The zero-order valence-corrected chi connectivity index (χ0v) is 17.8. The van der Waals surface area contributed by atoms with Gasteiger partial charge in [0.15, 0.2) is 12.3 Å². The Labute approximate surface area is 187 Å². The Bertz CT molecular complexity index is 1060. The number of carbonyl (C=O) groups excluding carboxylic acids is 1. The number of alkyl halides is 5. The summed E-state index contributed by atoms with van der Waals surface area (Å²) in [5.41, 5.74) is -0.524. The summed E-state index contributed by atoms with van der Waals surface area (Å²) in [4.78, 5) is 24.1. The minimum Gasteiger partial charge on any atom is -0.470 e. The van der Waals surface area contributed by atoms with Gasteiger partial charge in [0.25, 0.3) is 5.91 Å². The van der Waals surface area contributed by atoms with Crippen LogP contribution in [0, 0.1) is 12.7 Å². The first-order valence-electron chi connectivity index (χ1n) is 8.73. The quantitative estimate of drug-likeness (QED) is 0.334. The van der Waals surface area contributed by atoms with Gasteiger partial charge >= 0.3 is 18.1 Å². The van der Waals surface area contributed by atoms with Gasteiger partial charge in [0.05, 0.1) is 11.3 Å². The Kier molecular flexibility index (Phi) is 7.95. The highest BCUT2D eigenvalue weighted by Gasteiger charge is 2.58. The van der Waals surface area contributed by atoms with Crippen molar-refractivity contribution in [2.24, 2.45) is 5.16 Å². The summed E-state index contributed by atoms with van der Waals surface area (Å²) in [5, 5.41) is 5.39. The molecular formula is C18H15ClF6N4O4. The SMILES string of the molecule is CNC(=O)/C(=N/OC)c1ccc(F)cc1Oc1nc(C)c(Cl)c(OCC(F)(F)C(F)(F)F)n1. The average molecular weight is 501 g/mol. The van der Waals surface area contributed by atoms with Crippen LogP contribution in [0.4, 0.5) is 26.3 Å². The lowest BCUT2D eigenvalue weighted by Crippen LogP contribution is -2.41. The first-order chi connectivity index (χ1) is 15.3. The molecule has 1 amide bonds. The Hall–Kier alpha value is -3.29. The molecule has 1 heterocycles. The van der Waals surface area contributed by atoms with Gasteiger partial charge in [0.2, 0.25) is 5.88 Å². The third kappa shape index (κ3) is 6.15. The molecule has 0 bridgehead atoms. The number of likely N-dealkylation sites (N-methyl/N-ethyl adjacent to an activating group) is 1. The number of carbonyl (C=O) groups is 1. The number of halogens is 7. The lowest BCUT2D eigenvalue weighted by Gasteiger charge is -2.20. The van der Waals surface area contributed by atoms with Gasteiger partial charge < -0.3 is 19.6 Å². The molecule has 15 heteroatoms. The summed E-state index contributed by atoms with van der Waals surface area (Å²) in [6, 6.07) is 2.29. The van der Waals surface area contributed by atoms with Crippen LogP contribution < -0.4 is 14.8 Å². The molecule has 0 fully saturated rings. The lowest BCUT2D eigenvalue weighted by atomic mass is 10.1. The number of hydrogen-bond donors (Lipinski definition) is 1. The molecular weight excluding hydrogens is 486 g/mol. The van der Waals surface area contributed by atoms with E-state index in [-0.39, 0.29) is 22.7 Å². The van der Waals surface area contributed by atoms with E-state index in [1.54, 1.807) is 0 Å². The van der Waals surface area contributed by atoms with Crippen molar-refractivity contribution in [1.82, 2.24) is 15.3 Å². The normalized spacial score (nSPS) is 12.4. The highest BCUT2D eigenvalue weighted by Crippen LogP contribution is 2.37. The maximum Gasteiger partial charge on any atom is 0.456 e. The van der Waals surface area contributed by atoms with Crippen molar-refractivity contribution >= 4 is 23.2 Å². The van der Waals surface area contributed by atoms with E-state index < -0.39 is 47.3 Å². The zero-order valence-electron chi connectivity index (χ0n) is 17.1. The smallest absolute Gasteiger partial charge is 0.456 e. The van der Waals surface area contributed by atoms with Crippen LogP contribution in [-0.4, -0.2) is 54.5 Å². The molecule has 33 heavy (non-hydrogen) atoms. The number of aryl methyl sites for hydroxylation is 1. The highest BCUT2D eigenvalue weighted by molar-refractivity contribution is 6.45. The van der Waals surface area contributed by atoms with Gasteiger partial charge in [-0.3, -0.25) is 4.79 Å². The molecule has 1 aromatic heterocycles. The number of nitrogens with one attached hydrogen (secondary N) is 1. The third-order valence-corrected chi connectivity index (χ3v) is 4.23. The van der Waals surface area contributed by atoms with Gasteiger partial charge in [-0.05, 0) is 19.1 Å². The van der Waals surface area contributed by atoms with Crippen LogP contribution in [0.15, 0.2) is 23.4 Å². The molecule has 1 N–H and O–H groups in total. The van der Waals surface area contributed by atoms with Gasteiger partial charge in [0, 0.05) is 13.1 Å². The second-order valence-corrected chi connectivity index (χ2v) is 6.52. The van der Waals surface area contributed by atoms with E-state index in [0.29, 0.717) is 0 Å². The van der Waals surface area contributed by atoms with Gasteiger partial charge in [0.1, 0.15) is 23.7 Å². The van der Waals surface area contributed by atoms with Crippen LogP contribution in [0.1, 0.15) is 11.3 Å². The van der Waals surface area contributed by atoms with Gasteiger partial charge in [-0.25, -0.2) is 4.39 Å². The second-order valence-electron chi connectivity index (χ2n) is 6.15. The van der Waals surface area contributed by atoms with Crippen LogP contribution in [0.5, 0.6) is 17.6 Å². The highest BCUT2D eigenvalue weighted by atomic mass is 35.5. The van der Waals surface area contributed by atoms with Crippen molar-refractivity contribution < 1.29 is 45.4 Å². The predicted molar refractivity (Wildman–Crippen MR) is 102 cm³/mol. The number of oxime groups is 1. The van der Waals surface area contributed by atoms with Crippen molar-refractivity contribution in [1.29, 1.82) is 0 Å². The molecule has 0 unspecified atom stereocenters. The van der Waals surface area contributed by atoms with Crippen molar-refractivity contribution in [2.75, 3.05) is 20.8 Å². The van der Waals surface area contributed by atoms with E-state index in [4.69, 9.17) is 16.3 Å². The molecule has 0 saturated heterocycles. The first-order valence-corrected chi connectivity index (χ1v) is 9.11. The molecule has 0 aliphatic carbocycles. The maximum absolute atomic E-state index is 13.8. The topological polar surface area (TPSA) is 94.9 Å². The fourth-order valence-corrected chi connectivity index (χ4v) is 2.33. The largest absolute Gasteiger partial charge is 0.470 e. The van der Waals surface area contributed by atoms with Crippen LogP contribution >= 0.6 is 11.6 Å². The van der Waals surface area contributed by atoms with Crippen LogP contribution in [0.25, 0.3) is 0 Å². The fraction of sp³-hybridized carbons (Fsp3) is 0.333. The molecule has 0 atom stereocenters. The molecule has 2 aromatic rings. The lowest BCUT2D eigenvalue weighted by molar-refractivity contribution is -0.290. The van der Waals surface area contributed by atoms with Crippen molar-refractivity contribution in [3.63, 3.8) is 0 Å². The minimum absolute atomic E-state index is 0.0834. The predicted octanol–water partition coefficient (Wildman–Crippen LogP) is 4.04. The second kappa shape index (κ2) is 10.1. The number of amides is 1. The zero-order chi connectivity index (χ0) is 25.0. The van der Waals surface area contributed by atoms with Gasteiger partial charge in [-0.1, -0.05) is 16.8 Å². The van der Waals surface area contributed by atoms with Crippen molar-refractivity contribution in [2.45, 2.75) is 19.0 Å². The molecule has 8 nitrogen and oxygen atoms in total. The summed E-state index contributed by atoms with van der Waals surface area (Å²) < 4.78 is 87.2. The Morgan fingerprint density at radius 3 is 2.45 bits per heavy atom. The van der Waals surface area contributed by atoms with Crippen molar-refractivity contribution in [3.8, 4) is 17.6 Å². The minimum atomic E-state index is -5.87. The summed E-state index contributed by atoms with van der Waals surface area (Å²) in [7, 11) is 2.45. The Balaban J connectivity index is 2.45. The molecule has 0 aliphatic rings. The summed E-state index contributed by atoms with van der Waals surface area (Å²) >= 11 is 5.84. The standard InChI is InChI=1S/C18H15ClF6N4O4/c1-8-12(19)15(32-7-17(21,22)18(23,24)25)28-16(27-8)33-11-6-9(20)4-5-10(11)13(29-31-3)14(30)26-2/h4-6H,7H2,1-3H3,(H,26,30)/b29-13+.